The number of piperidine rings is 1. The van der Waals surface area contributed by atoms with Gasteiger partial charge in [-0.2, -0.15) is 0 Å². The lowest BCUT2D eigenvalue weighted by Crippen LogP contribution is -2.30. The molecule has 3 rings (SSSR count). The lowest BCUT2D eigenvalue weighted by molar-refractivity contribution is 0.0946. The molecule has 1 saturated heterocycles. The van der Waals surface area contributed by atoms with Gasteiger partial charge in [-0.05, 0) is 43.6 Å². The van der Waals surface area contributed by atoms with Crippen molar-refractivity contribution in [3.05, 3.63) is 45.7 Å². The van der Waals surface area contributed by atoms with E-state index in [0.717, 1.165) is 31.5 Å². The lowest BCUT2D eigenvalue weighted by Gasteiger charge is -2.22. The molecule has 1 aliphatic heterocycles. The van der Waals surface area contributed by atoms with Crippen LogP contribution < -0.4 is 10.6 Å². The van der Waals surface area contributed by atoms with Crippen LogP contribution >= 0.6 is 35.6 Å². The largest absolute Gasteiger partial charge is 0.350 e. The van der Waals surface area contributed by atoms with Crippen molar-refractivity contribution in [2.45, 2.75) is 31.7 Å². The first-order chi connectivity index (χ1) is 12.1. The summed E-state index contributed by atoms with van der Waals surface area (Å²) in [5.41, 5.74) is 1.17. The normalized spacial score (nSPS) is 16.0. The third-order valence-corrected chi connectivity index (χ3v) is 5.15. The van der Waals surface area contributed by atoms with Crippen molar-refractivity contribution in [2.24, 2.45) is 0 Å². The predicted molar refractivity (Wildman–Crippen MR) is 106 cm³/mol. The Bertz CT molecular complexity index is 725. The molecule has 142 valence electrons. The fourth-order valence-corrected chi connectivity index (χ4v) is 3.82. The number of amides is 1. The van der Waals surface area contributed by atoms with Gasteiger partial charge in [-0.15, -0.1) is 17.5 Å². The van der Waals surface area contributed by atoms with Crippen LogP contribution in [0.4, 0.5) is 0 Å². The first kappa shape index (κ1) is 21.0. The highest BCUT2D eigenvalue weighted by Crippen LogP contribution is 2.31. The number of rotatable bonds is 5. The summed E-state index contributed by atoms with van der Waals surface area (Å²) in [7, 11) is 0. The highest BCUT2D eigenvalue weighted by molar-refractivity contribution is 6.36. The van der Waals surface area contributed by atoms with Crippen LogP contribution in [-0.4, -0.2) is 40.5 Å². The highest BCUT2D eigenvalue weighted by atomic mass is 35.5. The molecule has 26 heavy (non-hydrogen) atoms. The van der Waals surface area contributed by atoms with Gasteiger partial charge in [0.25, 0.3) is 5.91 Å². The minimum absolute atomic E-state index is 0. The maximum absolute atomic E-state index is 12.3. The van der Waals surface area contributed by atoms with Crippen molar-refractivity contribution in [3.8, 4) is 0 Å². The van der Waals surface area contributed by atoms with E-state index in [1.165, 1.54) is 0 Å². The first-order valence-corrected chi connectivity index (χ1v) is 9.16. The molecule has 1 aromatic carbocycles. The lowest BCUT2D eigenvalue weighted by atomic mass is 10.0. The Morgan fingerprint density at radius 2 is 2.00 bits per heavy atom. The molecule has 0 bridgehead atoms. The zero-order valence-electron chi connectivity index (χ0n) is 14.4. The molecule has 2 N–H and O–H groups in total. The molecule has 9 heteroatoms. The maximum Gasteiger partial charge on any atom is 0.273 e. The molecule has 0 spiro atoms. The SMILES string of the molecule is CC(CNC(=O)c1cn(C2CCNCC2)nn1)c1c(Cl)cccc1Cl.Cl. The molecule has 0 saturated carbocycles. The second kappa shape index (κ2) is 9.55. The number of carbonyl (C=O) groups is 1. The Labute approximate surface area is 169 Å². The third kappa shape index (κ3) is 4.88. The average Bonchev–Trinajstić information content (AvgIpc) is 3.10. The summed E-state index contributed by atoms with van der Waals surface area (Å²) in [6.07, 6.45) is 3.71. The van der Waals surface area contributed by atoms with Gasteiger partial charge < -0.3 is 10.6 Å². The van der Waals surface area contributed by atoms with Crippen LogP contribution in [0.1, 0.15) is 47.8 Å². The molecule has 1 aliphatic rings. The van der Waals surface area contributed by atoms with Crippen LogP contribution in [0.5, 0.6) is 0 Å². The van der Waals surface area contributed by atoms with Crippen molar-refractivity contribution in [1.29, 1.82) is 0 Å². The molecule has 2 heterocycles. The van der Waals surface area contributed by atoms with Crippen molar-refractivity contribution in [2.75, 3.05) is 19.6 Å². The van der Waals surface area contributed by atoms with Crippen molar-refractivity contribution in [1.82, 2.24) is 25.6 Å². The molecular formula is C17H22Cl3N5O. The van der Waals surface area contributed by atoms with Gasteiger partial charge in [-0.3, -0.25) is 4.79 Å². The summed E-state index contributed by atoms with van der Waals surface area (Å²) in [5, 5.41) is 15.5. The van der Waals surface area contributed by atoms with Crippen molar-refractivity contribution < 1.29 is 4.79 Å². The Balaban J connectivity index is 0.00000243. The summed E-state index contributed by atoms with van der Waals surface area (Å²) in [6, 6.07) is 5.70. The van der Waals surface area contributed by atoms with E-state index in [2.05, 4.69) is 20.9 Å². The van der Waals surface area contributed by atoms with Crippen LogP contribution in [0.3, 0.4) is 0 Å². The first-order valence-electron chi connectivity index (χ1n) is 8.41. The average molecular weight is 419 g/mol. The summed E-state index contributed by atoms with van der Waals surface area (Å²) >= 11 is 12.4. The molecule has 1 fully saturated rings. The van der Waals surface area contributed by atoms with Crippen LogP contribution in [0.25, 0.3) is 0 Å². The quantitative estimate of drug-likeness (QED) is 0.780. The number of aromatic nitrogens is 3. The van der Waals surface area contributed by atoms with Crippen molar-refractivity contribution in [3.63, 3.8) is 0 Å². The summed E-state index contributed by atoms with van der Waals surface area (Å²) in [5.74, 6) is -0.250. The van der Waals surface area contributed by atoms with Crippen LogP contribution in [0.15, 0.2) is 24.4 Å². The van der Waals surface area contributed by atoms with Gasteiger partial charge in [0.1, 0.15) is 0 Å². The van der Waals surface area contributed by atoms with Gasteiger partial charge in [0.15, 0.2) is 5.69 Å². The van der Waals surface area contributed by atoms with E-state index in [-0.39, 0.29) is 24.2 Å². The number of nitrogens with zero attached hydrogens (tertiary/aromatic N) is 3. The zero-order chi connectivity index (χ0) is 17.8. The van der Waals surface area contributed by atoms with E-state index in [0.29, 0.717) is 28.3 Å². The van der Waals surface area contributed by atoms with E-state index in [1.807, 2.05) is 6.92 Å². The number of carbonyl (C=O) groups excluding carboxylic acids is 1. The van der Waals surface area contributed by atoms with Crippen LogP contribution in [-0.2, 0) is 0 Å². The van der Waals surface area contributed by atoms with Gasteiger partial charge in [-0.25, -0.2) is 4.68 Å². The van der Waals surface area contributed by atoms with Crippen molar-refractivity contribution >= 4 is 41.5 Å². The van der Waals surface area contributed by atoms with E-state index >= 15 is 0 Å². The number of hydrogen-bond donors (Lipinski definition) is 2. The van der Waals surface area contributed by atoms with Crippen LogP contribution in [0, 0.1) is 0 Å². The van der Waals surface area contributed by atoms with E-state index in [4.69, 9.17) is 23.2 Å². The Morgan fingerprint density at radius 1 is 1.35 bits per heavy atom. The summed E-state index contributed by atoms with van der Waals surface area (Å²) < 4.78 is 1.80. The number of halogens is 3. The fourth-order valence-electron chi connectivity index (χ4n) is 3.05. The molecule has 0 radical (unpaired) electrons. The Morgan fingerprint density at radius 3 is 2.65 bits per heavy atom. The summed E-state index contributed by atoms with van der Waals surface area (Å²) in [6.45, 7) is 4.31. The second-order valence-electron chi connectivity index (χ2n) is 6.31. The molecule has 6 nitrogen and oxygen atoms in total. The fraction of sp³-hybridized carbons (Fsp3) is 0.471. The summed E-state index contributed by atoms with van der Waals surface area (Å²) in [4.78, 5) is 12.3. The van der Waals surface area contributed by atoms with E-state index in [1.54, 1.807) is 29.1 Å². The molecule has 2 aromatic rings. The minimum atomic E-state index is -0.241. The molecule has 0 aliphatic carbocycles. The Hall–Kier alpha value is -1.34. The molecule has 1 amide bonds. The molecular weight excluding hydrogens is 397 g/mol. The predicted octanol–water partition coefficient (Wildman–Crippen LogP) is 3.46. The molecule has 1 aromatic heterocycles. The van der Waals surface area contributed by atoms with E-state index in [9.17, 15) is 4.79 Å². The zero-order valence-corrected chi connectivity index (χ0v) is 16.7. The maximum atomic E-state index is 12.3. The van der Waals surface area contributed by atoms with Gasteiger partial charge >= 0.3 is 0 Å². The van der Waals surface area contributed by atoms with E-state index < -0.39 is 0 Å². The smallest absolute Gasteiger partial charge is 0.273 e. The van der Waals surface area contributed by atoms with Gasteiger partial charge in [-0.1, -0.05) is 41.4 Å². The standard InChI is InChI=1S/C17H21Cl2N5O.ClH/c1-11(16-13(18)3-2-4-14(16)19)9-21-17(25)15-10-24(23-22-15)12-5-7-20-8-6-12;/h2-4,10-12,20H,5-9H2,1H3,(H,21,25);1H. The third-order valence-electron chi connectivity index (χ3n) is 4.49. The molecule has 1 atom stereocenters. The van der Waals surface area contributed by atoms with Crippen LogP contribution in [0.2, 0.25) is 10.0 Å². The second-order valence-corrected chi connectivity index (χ2v) is 7.13. The molecule has 1 unspecified atom stereocenters. The number of hydrogen-bond acceptors (Lipinski definition) is 4. The monoisotopic (exact) mass is 417 g/mol. The topological polar surface area (TPSA) is 71.8 Å². The Kier molecular flexibility index (Phi) is 7.70. The van der Waals surface area contributed by atoms with Gasteiger partial charge in [0.05, 0.1) is 12.2 Å². The highest BCUT2D eigenvalue weighted by Gasteiger charge is 2.20. The number of nitrogens with one attached hydrogen (secondary N) is 2. The van der Waals surface area contributed by atoms with Gasteiger partial charge in [0, 0.05) is 22.5 Å². The minimum Gasteiger partial charge on any atom is -0.350 e. The number of benzene rings is 1. The van der Waals surface area contributed by atoms with Gasteiger partial charge in [0.2, 0.25) is 0 Å².